The van der Waals surface area contributed by atoms with Gasteiger partial charge in [0, 0.05) is 23.6 Å². The maximum Gasteiger partial charge on any atom is 0.251 e. The molecule has 0 heterocycles. The Morgan fingerprint density at radius 1 is 1.62 bits per heavy atom. The monoisotopic (exact) mass is 242 g/mol. The fraction of sp³-hybridized carbons (Fsp3) is 0.222. The number of carbonyl (C=O) groups is 1. The van der Waals surface area contributed by atoms with E-state index in [4.69, 9.17) is 17.1 Å². The van der Waals surface area contributed by atoms with Crippen LogP contribution in [0.4, 0.5) is 4.39 Å². The van der Waals surface area contributed by atoms with Crippen molar-refractivity contribution in [2.24, 2.45) is 5.11 Å². The molecule has 0 aliphatic carbocycles. The Morgan fingerprint density at radius 2 is 2.38 bits per heavy atom. The van der Waals surface area contributed by atoms with E-state index in [1.165, 1.54) is 12.1 Å². The van der Waals surface area contributed by atoms with E-state index in [2.05, 4.69) is 15.3 Å². The van der Waals surface area contributed by atoms with Gasteiger partial charge in [-0.2, -0.15) is 0 Å². The van der Waals surface area contributed by atoms with Gasteiger partial charge in [-0.15, -0.1) is 0 Å². The summed E-state index contributed by atoms with van der Waals surface area (Å²) in [7, 11) is 0. The Kier molecular flexibility index (Phi) is 4.57. The molecule has 0 spiro atoms. The first-order valence-corrected chi connectivity index (χ1v) is 4.77. The number of carbonyl (C=O) groups excluding carboxylic acids is 1. The summed E-state index contributed by atoms with van der Waals surface area (Å²) in [6.45, 7) is 0.384. The van der Waals surface area contributed by atoms with E-state index < -0.39 is 11.7 Å². The third-order valence-electron chi connectivity index (χ3n) is 1.74. The molecule has 84 valence electrons. The summed E-state index contributed by atoms with van der Waals surface area (Å²) in [5, 5.41) is 5.64. The molecular formula is C9H8ClFN4O. The van der Waals surface area contributed by atoms with Crippen LogP contribution in [-0.4, -0.2) is 19.0 Å². The molecule has 1 rings (SSSR count). The van der Waals surface area contributed by atoms with Crippen molar-refractivity contribution in [1.82, 2.24) is 5.32 Å². The van der Waals surface area contributed by atoms with Gasteiger partial charge in [0.05, 0.1) is 5.02 Å². The number of hydrogen-bond donors (Lipinski definition) is 1. The molecule has 0 atom stereocenters. The second-order valence-corrected chi connectivity index (χ2v) is 3.25. The van der Waals surface area contributed by atoms with Crippen molar-refractivity contribution >= 4 is 17.5 Å². The summed E-state index contributed by atoms with van der Waals surface area (Å²) in [6, 6.07) is 3.68. The number of nitrogens with zero attached hydrogens (tertiary/aromatic N) is 3. The summed E-state index contributed by atoms with van der Waals surface area (Å²) >= 11 is 5.52. The van der Waals surface area contributed by atoms with Crippen molar-refractivity contribution in [3.8, 4) is 0 Å². The molecule has 0 bridgehead atoms. The van der Waals surface area contributed by atoms with E-state index in [1.54, 1.807) is 0 Å². The molecule has 1 N–H and O–H groups in total. The van der Waals surface area contributed by atoms with E-state index in [0.29, 0.717) is 0 Å². The molecule has 0 radical (unpaired) electrons. The van der Waals surface area contributed by atoms with E-state index in [9.17, 15) is 9.18 Å². The molecule has 16 heavy (non-hydrogen) atoms. The Labute approximate surface area is 95.8 Å². The number of amides is 1. The predicted molar refractivity (Wildman–Crippen MR) is 57.8 cm³/mol. The van der Waals surface area contributed by atoms with Crippen LogP contribution in [0.25, 0.3) is 10.4 Å². The van der Waals surface area contributed by atoms with Crippen LogP contribution in [-0.2, 0) is 0 Å². The van der Waals surface area contributed by atoms with Crippen LogP contribution in [0.3, 0.4) is 0 Å². The minimum atomic E-state index is -0.577. The molecule has 0 aromatic heterocycles. The normalized spacial score (nSPS) is 9.38. The average Bonchev–Trinajstić information content (AvgIpc) is 2.28. The molecule has 1 aromatic rings. The minimum absolute atomic E-state index is 0.109. The first-order chi connectivity index (χ1) is 7.65. The summed E-state index contributed by atoms with van der Waals surface area (Å²) < 4.78 is 12.8. The van der Waals surface area contributed by atoms with Crippen LogP contribution in [0.5, 0.6) is 0 Å². The second kappa shape index (κ2) is 5.95. The van der Waals surface area contributed by atoms with E-state index in [-0.39, 0.29) is 23.7 Å². The van der Waals surface area contributed by atoms with Crippen LogP contribution in [0.15, 0.2) is 23.3 Å². The van der Waals surface area contributed by atoms with Crippen molar-refractivity contribution in [3.05, 3.63) is 45.0 Å². The van der Waals surface area contributed by atoms with Crippen molar-refractivity contribution in [3.63, 3.8) is 0 Å². The van der Waals surface area contributed by atoms with Crippen molar-refractivity contribution < 1.29 is 9.18 Å². The predicted octanol–water partition coefficient (Wildman–Crippen LogP) is 2.52. The summed E-state index contributed by atoms with van der Waals surface area (Å²) in [6.07, 6.45) is 0. The molecule has 0 fully saturated rings. The average molecular weight is 243 g/mol. The Morgan fingerprint density at radius 3 is 3.00 bits per heavy atom. The zero-order chi connectivity index (χ0) is 12.0. The molecular weight excluding hydrogens is 235 g/mol. The molecule has 5 nitrogen and oxygen atoms in total. The van der Waals surface area contributed by atoms with Gasteiger partial charge in [-0.25, -0.2) is 4.39 Å². The lowest BCUT2D eigenvalue weighted by Gasteiger charge is -2.03. The van der Waals surface area contributed by atoms with Crippen LogP contribution in [0.1, 0.15) is 10.4 Å². The maximum atomic E-state index is 12.8. The molecule has 0 saturated heterocycles. The summed E-state index contributed by atoms with van der Waals surface area (Å²) in [4.78, 5) is 14.0. The lowest BCUT2D eigenvalue weighted by Crippen LogP contribution is -2.25. The summed E-state index contributed by atoms with van der Waals surface area (Å²) in [5.41, 5.74) is 8.26. The van der Waals surface area contributed by atoms with Crippen LogP contribution in [0.2, 0.25) is 5.02 Å². The zero-order valence-corrected chi connectivity index (χ0v) is 8.91. The van der Waals surface area contributed by atoms with Gasteiger partial charge < -0.3 is 5.32 Å². The van der Waals surface area contributed by atoms with Gasteiger partial charge in [0.25, 0.3) is 5.91 Å². The Hall–Kier alpha value is -1.78. The molecule has 0 saturated carbocycles. The molecule has 0 aliphatic rings. The lowest BCUT2D eigenvalue weighted by molar-refractivity contribution is 0.0955. The van der Waals surface area contributed by atoms with Gasteiger partial charge in [-0.3, -0.25) is 4.79 Å². The van der Waals surface area contributed by atoms with Gasteiger partial charge in [-0.05, 0) is 23.7 Å². The standard InChI is InChI=1S/C9H8ClFN4O/c10-7-5-6(1-2-8(7)11)9(16)13-3-4-14-15-12/h1-2,5H,3-4H2,(H,13,16). The summed E-state index contributed by atoms with van der Waals surface area (Å²) in [5.74, 6) is -0.970. The first-order valence-electron chi connectivity index (χ1n) is 4.39. The van der Waals surface area contributed by atoms with Gasteiger partial charge >= 0.3 is 0 Å². The van der Waals surface area contributed by atoms with Gasteiger partial charge in [-0.1, -0.05) is 16.7 Å². The highest BCUT2D eigenvalue weighted by molar-refractivity contribution is 6.31. The van der Waals surface area contributed by atoms with E-state index >= 15 is 0 Å². The molecule has 1 aromatic carbocycles. The second-order valence-electron chi connectivity index (χ2n) is 2.84. The third-order valence-corrected chi connectivity index (χ3v) is 2.03. The highest BCUT2D eigenvalue weighted by Crippen LogP contribution is 2.15. The van der Waals surface area contributed by atoms with Crippen LogP contribution in [0, 0.1) is 5.82 Å². The minimum Gasteiger partial charge on any atom is -0.352 e. The fourth-order valence-corrected chi connectivity index (χ4v) is 1.18. The number of nitrogens with one attached hydrogen (secondary N) is 1. The molecule has 7 heteroatoms. The number of azide groups is 1. The van der Waals surface area contributed by atoms with Crippen molar-refractivity contribution in [1.29, 1.82) is 0 Å². The van der Waals surface area contributed by atoms with Crippen LogP contribution < -0.4 is 5.32 Å². The maximum absolute atomic E-state index is 12.8. The number of hydrogen-bond acceptors (Lipinski definition) is 2. The number of benzene rings is 1. The molecule has 0 unspecified atom stereocenters. The smallest absolute Gasteiger partial charge is 0.251 e. The van der Waals surface area contributed by atoms with Crippen molar-refractivity contribution in [2.75, 3.05) is 13.1 Å². The topological polar surface area (TPSA) is 77.9 Å². The third kappa shape index (κ3) is 3.42. The zero-order valence-electron chi connectivity index (χ0n) is 8.15. The SMILES string of the molecule is [N-]=[N+]=NCCNC(=O)c1ccc(F)c(Cl)c1. The van der Waals surface area contributed by atoms with E-state index in [1.807, 2.05) is 0 Å². The molecule has 0 aliphatic heterocycles. The molecule has 1 amide bonds. The van der Waals surface area contributed by atoms with Crippen molar-refractivity contribution in [2.45, 2.75) is 0 Å². The van der Waals surface area contributed by atoms with Gasteiger partial charge in [0.15, 0.2) is 0 Å². The first kappa shape index (κ1) is 12.3. The van der Waals surface area contributed by atoms with E-state index in [0.717, 1.165) is 6.07 Å². The van der Waals surface area contributed by atoms with Gasteiger partial charge in [0.1, 0.15) is 5.82 Å². The highest BCUT2D eigenvalue weighted by Gasteiger charge is 2.07. The Bertz CT molecular complexity index is 445. The quantitative estimate of drug-likeness (QED) is 0.374. The lowest BCUT2D eigenvalue weighted by atomic mass is 10.2. The largest absolute Gasteiger partial charge is 0.352 e. The fourth-order valence-electron chi connectivity index (χ4n) is 1.00. The van der Waals surface area contributed by atoms with Crippen LogP contribution >= 0.6 is 11.6 Å². The number of halogens is 2. The highest BCUT2D eigenvalue weighted by atomic mass is 35.5. The van der Waals surface area contributed by atoms with Gasteiger partial charge in [0.2, 0.25) is 0 Å². The number of rotatable bonds is 4. The Balaban J connectivity index is 2.59.